The van der Waals surface area contributed by atoms with Crippen LogP contribution in [0.25, 0.3) is 0 Å². The minimum absolute atomic E-state index is 0.0129. The molecule has 7 nitrogen and oxygen atoms in total. The molecule has 0 radical (unpaired) electrons. The third kappa shape index (κ3) is 4.07. The Labute approximate surface area is 260 Å². The van der Waals surface area contributed by atoms with Crippen molar-refractivity contribution in [2.24, 2.45) is 28.6 Å². The summed E-state index contributed by atoms with van der Waals surface area (Å²) in [6.07, 6.45) is 4.77. The van der Waals surface area contributed by atoms with Crippen molar-refractivity contribution in [2.45, 2.75) is 70.1 Å². The largest absolute Gasteiger partial charge is 0.399 e. The smallest absolute Gasteiger partial charge is 0.193 e. The van der Waals surface area contributed by atoms with E-state index >= 15 is 4.39 Å². The molecule has 1 aliphatic heterocycles. The first-order valence-electron chi connectivity index (χ1n) is 15.3. The van der Waals surface area contributed by atoms with Crippen LogP contribution in [0.3, 0.4) is 0 Å². The topological polar surface area (TPSA) is 119 Å². The standard InChI is InChI=1S/C35H37ClFNO6/c1-33-11-10-22(40)14-20(33)7-8-23-24-15-28-35(27(42)17-39,34(24,2)16-26(41)30(23)33)44-32(43-28)29-25(36)9-6-19(31(29)37)12-18-4-3-5-21(38)13-18/h3-6,9-11,13-14,23-24,26,28,30,32,39,41H,7-8,12,15-17,38H2,1-2H3/t23-,24-,26-,28+,30+,32-,33-,34-,35+/m0/s1. The molecule has 9 heteroatoms. The van der Waals surface area contributed by atoms with Gasteiger partial charge in [-0.15, -0.1) is 0 Å². The summed E-state index contributed by atoms with van der Waals surface area (Å²) >= 11 is 6.57. The number of nitrogens with two attached hydrogens (primary N) is 1. The molecule has 5 aliphatic rings. The van der Waals surface area contributed by atoms with Gasteiger partial charge in [0.05, 0.1) is 22.8 Å². The van der Waals surface area contributed by atoms with Gasteiger partial charge < -0.3 is 25.4 Å². The number of anilines is 1. The van der Waals surface area contributed by atoms with Crippen LogP contribution in [-0.4, -0.2) is 46.2 Å². The normalized spacial score (nSPS) is 38.9. The highest BCUT2D eigenvalue weighted by atomic mass is 35.5. The fraction of sp³-hybridized carbons (Fsp3) is 0.486. The number of allylic oxidation sites excluding steroid dienone is 4. The summed E-state index contributed by atoms with van der Waals surface area (Å²) in [5, 5.41) is 22.2. The van der Waals surface area contributed by atoms with E-state index < -0.39 is 53.1 Å². The molecule has 4 fully saturated rings. The fourth-order valence-electron chi connectivity index (χ4n) is 9.70. The Morgan fingerprint density at radius 2 is 2.02 bits per heavy atom. The van der Waals surface area contributed by atoms with Crippen molar-refractivity contribution in [3.05, 3.63) is 87.7 Å². The predicted molar refractivity (Wildman–Crippen MR) is 162 cm³/mol. The number of carbonyl (C=O) groups excluding carboxylic acids is 2. The molecule has 4 aliphatic carbocycles. The zero-order valence-electron chi connectivity index (χ0n) is 24.8. The van der Waals surface area contributed by atoms with Crippen molar-refractivity contribution in [3.8, 4) is 0 Å². The van der Waals surface area contributed by atoms with Crippen molar-refractivity contribution >= 4 is 28.9 Å². The van der Waals surface area contributed by atoms with Gasteiger partial charge in [-0.05, 0) is 79.0 Å². The van der Waals surface area contributed by atoms with Gasteiger partial charge in [0.2, 0.25) is 0 Å². The summed E-state index contributed by atoms with van der Waals surface area (Å²) in [5.74, 6) is -1.37. The molecule has 0 unspecified atom stereocenters. The van der Waals surface area contributed by atoms with Crippen LogP contribution in [0, 0.1) is 34.4 Å². The van der Waals surface area contributed by atoms with E-state index in [4.69, 9.17) is 26.8 Å². The number of Topliss-reactive ketones (excluding diaryl/α,β-unsaturated/α-hetero) is 1. The monoisotopic (exact) mass is 621 g/mol. The summed E-state index contributed by atoms with van der Waals surface area (Å²) in [7, 11) is 0. The van der Waals surface area contributed by atoms with E-state index in [2.05, 4.69) is 6.92 Å². The number of hydrogen-bond acceptors (Lipinski definition) is 7. The third-order valence-electron chi connectivity index (χ3n) is 11.6. The highest BCUT2D eigenvalue weighted by Gasteiger charge is 2.76. The number of fused-ring (bicyclic) bond motifs is 7. The van der Waals surface area contributed by atoms with Crippen LogP contribution in [0.4, 0.5) is 10.1 Å². The molecule has 1 saturated heterocycles. The molecular formula is C35H37ClFNO6. The maximum absolute atomic E-state index is 16.2. The molecule has 7 rings (SSSR count). The quantitative estimate of drug-likeness (QED) is 0.390. The fourth-order valence-corrected chi connectivity index (χ4v) is 9.94. The number of aliphatic hydroxyl groups is 2. The van der Waals surface area contributed by atoms with Gasteiger partial charge in [-0.1, -0.05) is 55.3 Å². The summed E-state index contributed by atoms with van der Waals surface area (Å²) in [6, 6.07) is 10.4. The van der Waals surface area contributed by atoms with Gasteiger partial charge in [0.25, 0.3) is 0 Å². The predicted octanol–water partition coefficient (Wildman–Crippen LogP) is 5.25. The van der Waals surface area contributed by atoms with Gasteiger partial charge >= 0.3 is 0 Å². The highest BCUT2D eigenvalue weighted by molar-refractivity contribution is 6.31. The van der Waals surface area contributed by atoms with Crippen molar-refractivity contribution in [2.75, 3.05) is 12.3 Å². The summed E-state index contributed by atoms with van der Waals surface area (Å²) in [5.41, 5.74) is 5.77. The minimum Gasteiger partial charge on any atom is -0.399 e. The van der Waals surface area contributed by atoms with Crippen LogP contribution in [0.15, 0.2) is 60.2 Å². The average molecular weight is 622 g/mol. The number of halogens is 2. The van der Waals surface area contributed by atoms with Crippen molar-refractivity contribution in [1.82, 2.24) is 0 Å². The average Bonchev–Trinajstić information content (AvgIpc) is 3.47. The van der Waals surface area contributed by atoms with Crippen molar-refractivity contribution in [1.29, 1.82) is 0 Å². The zero-order chi connectivity index (χ0) is 31.2. The lowest BCUT2D eigenvalue weighted by Gasteiger charge is -2.59. The summed E-state index contributed by atoms with van der Waals surface area (Å²) in [6.45, 7) is 3.25. The molecule has 232 valence electrons. The second-order valence-corrected chi connectivity index (χ2v) is 14.1. The van der Waals surface area contributed by atoms with Crippen LogP contribution in [0.2, 0.25) is 5.02 Å². The van der Waals surface area contributed by atoms with Crippen LogP contribution in [0.5, 0.6) is 0 Å². The Morgan fingerprint density at radius 1 is 1.23 bits per heavy atom. The van der Waals surface area contributed by atoms with E-state index in [1.807, 2.05) is 25.1 Å². The van der Waals surface area contributed by atoms with Crippen LogP contribution < -0.4 is 5.73 Å². The van der Waals surface area contributed by atoms with Crippen molar-refractivity contribution in [3.63, 3.8) is 0 Å². The molecule has 0 bridgehead atoms. The lowest BCUT2D eigenvalue weighted by molar-refractivity contribution is -0.201. The third-order valence-corrected chi connectivity index (χ3v) is 11.9. The number of benzene rings is 2. The SMILES string of the molecule is C[C@]12C=CC(=O)C=C1CC[C@@H]1[C@@H]2[C@@H](O)C[C@@]2(C)[C@H]1C[C@H]1O[C@H](c3c(Cl)ccc(Cc4cccc(N)c4)c3F)O[C@]12C(=O)CO. The molecular weight excluding hydrogens is 585 g/mol. The lowest BCUT2D eigenvalue weighted by Crippen LogP contribution is -2.63. The number of rotatable bonds is 5. The molecule has 0 aromatic heterocycles. The molecule has 4 N–H and O–H groups in total. The van der Waals surface area contributed by atoms with Gasteiger partial charge in [-0.3, -0.25) is 9.59 Å². The number of carbonyl (C=O) groups is 2. The number of ketones is 2. The number of hydrogen-bond donors (Lipinski definition) is 3. The zero-order valence-corrected chi connectivity index (χ0v) is 25.5. The molecule has 2 aromatic rings. The van der Waals surface area contributed by atoms with Crippen LogP contribution in [0.1, 0.15) is 62.5 Å². The van der Waals surface area contributed by atoms with Gasteiger partial charge in [-0.25, -0.2) is 4.39 Å². The van der Waals surface area contributed by atoms with Crippen molar-refractivity contribution < 1.29 is 33.7 Å². The first kappa shape index (κ1) is 29.8. The number of aliphatic hydroxyl groups excluding tert-OH is 2. The maximum Gasteiger partial charge on any atom is 0.193 e. The molecule has 1 heterocycles. The van der Waals surface area contributed by atoms with E-state index in [0.717, 1.165) is 17.6 Å². The molecule has 9 atom stereocenters. The maximum atomic E-state index is 16.2. The molecule has 44 heavy (non-hydrogen) atoms. The van der Waals surface area contributed by atoms with Gasteiger partial charge in [-0.2, -0.15) is 0 Å². The first-order chi connectivity index (χ1) is 20.9. The Morgan fingerprint density at radius 3 is 2.77 bits per heavy atom. The van der Waals surface area contributed by atoms with E-state index in [0.29, 0.717) is 24.1 Å². The molecule has 2 aromatic carbocycles. The Bertz CT molecular complexity index is 1620. The number of ether oxygens (including phenoxy) is 2. The van der Waals surface area contributed by atoms with Gasteiger partial charge in [0.1, 0.15) is 12.4 Å². The Balaban J connectivity index is 1.25. The summed E-state index contributed by atoms with van der Waals surface area (Å²) in [4.78, 5) is 26.0. The van der Waals surface area contributed by atoms with Crippen LogP contribution >= 0.6 is 11.6 Å². The van der Waals surface area contributed by atoms with E-state index in [1.165, 1.54) is 0 Å². The molecule has 0 amide bonds. The molecule has 0 spiro atoms. The Hall–Kier alpha value is -2.88. The van der Waals surface area contributed by atoms with Crippen LogP contribution in [-0.2, 0) is 25.5 Å². The minimum atomic E-state index is -1.60. The Kier molecular flexibility index (Phi) is 6.99. The second kappa shape index (κ2) is 10.3. The van der Waals surface area contributed by atoms with E-state index in [9.17, 15) is 19.8 Å². The number of nitrogen functional groups attached to an aromatic ring is 1. The second-order valence-electron chi connectivity index (χ2n) is 13.7. The van der Waals surface area contributed by atoms with E-state index in [1.54, 1.807) is 36.4 Å². The lowest BCUT2D eigenvalue weighted by atomic mass is 9.46. The highest BCUT2D eigenvalue weighted by Crippen LogP contribution is 2.70. The van der Waals surface area contributed by atoms with Gasteiger partial charge in [0.15, 0.2) is 23.5 Å². The molecule has 3 saturated carbocycles. The van der Waals surface area contributed by atoms with E-state index in [-0.39, 0.29) is 47.0 Å². The van der Waals surface area contributed by atoms with Gasteiger partial charge in [0, 0.05) is 28.9 Å². The first-order valence-corrected chi connectivity index (χ1v) is 15.7. The summed E-state index contributed by atoms with van der Waals surface area (Å²) < 4.78 is 29.2.